The highest BCUT2D eigenvalue weighted by Gasteiger charge is 2.34. The smallest absolute Gasteiger partial charge is 0.0443 e. The summed E-state index contributed by atoms with van der Waals surface area (Å²) in [5, 5.41) is 3.78. The summed E-state index contributed by atoms with van der Waals surface area (Å²) in [6.45, 7) is 12.7. The van der Waals surface area contributed by atoms with E-state index in [-0.39, 0.29) is 5.41 Å². The van der Waals surface area contributed by atoms with E-state index in [0.29, 0.717) is 6.04 Å². The van der Waals surface area contributed by atoms with E-state index >= 15 is 0 Å². The molecule has 0 aliphatic heterocycles. The molecule has 2 heteroatoms. The molecule has 0 spiro atoms. The van der Waals surface area contributed by atoms with Crippen LogP contribution in [0.1, 0.15) is 69.7 Å². The summed E-state index contributed by atoms with van der Waals surface area (Å²) in [7, 11) is 0. The maximum atomic E-state index is 3.78. The van der Waals surface area contributed by atoms with Gasteiger partial charge in [0.25, 0.3) is 0 Å². The normalized spacial score (nSPS) is 19.4. The van der Waals surface area contributed by atoms with Gasteiger partial charge in [0.1, 0.15) is 0 Å². The third kappa shape index (κ3) is 3.82. The Labute approximate surface area is 122 Å². The SMILES string of the molecule is CCCNC(c1ccc(C(C)(C)C)s1)C(C)C1CC1. The van der Waals surface area contributed by atoms with Crippen molar-refractivity contribution < 1.29 is 0 Å². The largest absolute Gasteiger partial charge is 0.309 e. The molecule has 2 atom stereocenters. The molecule has 108 valence electrons. The van der Waals surface area contributed by atoms with Crippen LogP contribution in [0, 0.1) is 11.8 Å². The van der Waals surface area contributed by atoms with Crippen molar-refractivity contribution in [2.45, 2.75) is 65.3 Å². The lowest BCUT2D eigenvalue weighted by atomic mass is 9.94. The second-order valence-corrected chi connectivity index (χ2v) is 8.20. The molecule has 1 aromatic heterocycles. The van der Waals surface area contributed by atoms with Gasteiger partial charge in [0.05, 0.1) is 0 Å². The van der Waals surface area contributed by atoms with Crippen LogP contribution in [0.2, 0.25) is 0 Å². The van der Waals surface area contributed by atoms with Gasteiger partial charge in [0.15, 0.2) is 0 Å². The highest BCUT2D eigenvalue weighted by Crippen LogP contribution is 2.44. The Morgan fingerprint density at radius 3 is 2.47 bits per heavy atom. The standard InChI is InChI=1S/C17H29NS/c1-6-11-18-16(12(2)13-7-8-13)14-9-10-15(19-14)17(3,4)5/h9-10,12-13,16,18H,6-8,11H2,1-5H3. The third-order valence-electron chi connectivity index (χ3n) is 4.18. The van der Waals surface area contributed by atoms with Gasteiger partial charge < -0.3 is 5.32 Å². The molecule has 1 fully saturated rings. The Balaban J connectivity index is 2.14. The van der Waals surface area contributed by atoms with Crippen LogP contribution in [0.25, 0.3) is 0 Å². The molecule has 0 bridgehead atoms. The predicted octanol–water partition coefficient (Wildman–Crippen LogP) is 5.13. The molecule has 1 saturated carbocycles. The Morgan fingerprint density at radius 1 is 1.32 bits per heavy atom. The van der Waals surface area contributed by atoms with E-state index in [0.717, 1.165) is 18.4 Å². The number of hydrogen-bond donors (Lipinski definition) is 1. The lowest BCUT2D eigenvalue weighted by molar-refractivity contribution is 0.354. The van der Waals surface area contributed by atoms with E-state index < -0.39 is 0 Å². The molecular weight excluding hydrogens is 250 g/mol. The van der Waals surface area contributed by atoms with Gasteiger partial charge in [0.2, 0.25) is 0 Å². The number of thiophene rings is 1. The van der Waals surface area contributed by atoms with Crippen molar-refractivity contribution in [3.8, 4) is 0 Å². The highest BCUT2D eigenvalue weighted by atomic mass is 32.1. The van der Waals surface area contributed by atoms with E-state index in [1.165, 1.54) is 29.0 Å². The van der Waals surface area contributed by atoms with Gasteiger partial charge in [-0.1, -0.05) is 34.6 Å². The van der Waals surface area contributed by atoms with Crippen LogP contribution in [-0.4, -0.2) is 6.54 Å². The van der Waals surface area contributed by atoms with E-state index in [1.807, 2.05) is 11.3 Å². The van der Waals surface area contributed by atoms with Crippen molar-refractivity contribution in [3.05, 3.63) is 21.9 Å². The van der Waals surface area contributed by atoms with Crippen molar-refractivity contribution in [2.24, 2.45) is 11.8 Å². The lowest BCUT2D eigenvalue weighted by Crippen LogP contribution is -2.28. The van der Waals surface area contributed by atoms with Crippen molar-refractivity contribution >= 4 is 11.3 Å². The van der Waals surface area contributed by atoms with Crippen molar-refractivity contribution in [1.82, 2.24) is 5.32 Å². The molecule has 1 aromatic rings. The van der Waals surface area contributed by atoms with Crippen molar-refractivity contribution in [2.75, 3.05) is 6.54 Å². The Hall–Kier alpha value is -0.340. The van der Waals surface area contributed by atoms with Crippen LogP contribution in [0.3, 0.4) is 0 Å². The molecule has 1 nitrogen and oxygen atoms in total. The summed E-state index contributed by atoms with van der Waals surface area (Å²) in [5.41, 5.74) is 0.279. The van der Waals surface area contributed by atoms with E-state index in [2.05, 4.69) is 52.1 Å². The Kier molecular flexibility index (Phi) is 4.73. The van der Waals surface area contributed by atoms with Crippen molar-refractivity contribution in [3.63, 3.8) is 0 Å². The van der Waals surface area contributed by atoms with Gasteiger partial charge in [-0.2, -0.15) is 0 Å². The third-order valence-corrected chi connectivity index (χ3v) is 5.77. The summed E-state index contributed by atoms with van der Waals surface area (Å²) in [4.78, 5) is 3.05. The van der Waals surface area contributed by atoms with Crippen LogP contribution < -0.4 is 5.32 Å². The van der Waals surface area contributed by atoms with Gasteiger partial charge in [-0.05, 0) is 55.2 Å². The minimum Gasteiger partial charge on any atom is -0.309 e. The second kappa shape index (κ2) is 5.97. The molecule has 19 heavy (non-hydrogen) atoms. The maximum Gasteiger partial charge on any atom is 0.0443 e. The van der Waals surface area contributed by atoms with Gasteiger partial charge >= 0.3 is 0 Å². The molecule has 0 saturated heterocycles. The maximum absolute atomic E-state index is 3.78. The zero-order valence-electron chi connectivity index (χ0n) is 13.1. The first kappa shape index (κ1) is 15.1. The zero-order valence-corrected chi connectivity index (χ0v) is 13.9. The number of nitrogens with one attached hydrogen (secondary N) is 1. The molecule has 2 unspecified atom stereocenters. The van der Waals surface area contributed by atoms with Crippen LogP contribution in [-0.2, 0) is 5.41 Å². The number of rotatable bonds is 6. The molecule has 1 aliphatic carbocycles. The summed E-state index contributed by atoms with van der Waals surface area (Å²) in [6.07, 6.45) is 4.08. The quantitative estimate of drug-likeness (QED) is 0.761. The van der Waals surface area contributed by atoms with E-state index in [1.54, 1.807) is 0 Å². The van der Waals surface area contributed by atoms with Gasteiger partial charge in [-0.15, -0.1) is 11.3 Å². The molecule has 1 aliphatic rings. The monoisotopic (exact) mass is 279 g/mol. The first-order valence-corrected chi connectivity index (χ1v) is 8.58. The lowest BCUT2D eigenvalue weighted by Gasteiger charge is -2.24. The summed E-state index contributed by atoms with van der Waals surface area (Å²) < 4.78 is 0. The molecule has 1 N–H and O–H groups in total. The molecule has 0 radical (unpaired) electrons. The Morgan fingerprint density at radius 2 is 2.00 bits per heavy atom. The van der Waals surface area contributed by atoms with Crippen LogP contribution in [0.5, 0.6) is 0 Å². The number of hydrogen-bond acceptors (Lipinski definition) is 2. The molecule has 0 aromatic carbocycles. The van der Waals surface area contributed by atoms with Gasteiger partial charge in [0, 0.05) is 15.8 Å². The fraction of sp³-hybridized carbons (Fsp3) is 0.765. The molecule has 0 amide bonds. The van der Waals surface area contributed by atoms with Crippen LogP contribution in [0.15, 0.2) is 12.1 Å². The molecule has 1 heterocycles. The van der Waals surface area contributed by atoms with Crippen LogP contribution in [0.4, 0.5) is 0 Å². The van der Waals surface area contributed by atoms with E-state index in [9.17, 15) is 0 Å². The van der Waals surface area contributed by atoms with Gasteiger partial charge in [-0.3, -0.25) is 0 Å². The summed E-state index contributed by atoms with van der Waals surface area (Å²) in [5.74, 6) is 1.73. The second-order valence-electron chi connectivity index (χ2n) is 7.08. The molecule has 2 rings (SSSR count). The highest BCUT2D eigenvalue weighted by molar-refractivity contribution is 7.12. The first-order chi connectivity index (χ1) is 8.93. The average molecular weight is 279 g/mol. The van der Waals surface area contributed by atoms with Crippen LogP contribution >= 0.6 is 11.3 Å². The van der Waals surface area contributed by atoms with E-state index in [4.69, 9.17) is 0 Å². The fourth-order valence-electron chi connectivity index (χ4n) is 2.66. The minimum atomic E-state index is 0.279. The fourth-order valence-corrected chi connectivity index (χ4v) is 3.92. The zero-order chi connectivity index (χ0) is 14.0. The Bertz CT molecular complexity index is 398. The summed E-state index contributed by atoms with van der Waals surface area (Å²) in [6, 6.07) is 5.26. The molecular formula is C17H29NS. The topological polar surface area (TPSA) is 12.0 Å². The minimum absolute atomic E-state index is 0.279. The first-order valence-electron chi connectivity index (χ1n) is 7.77. The summed E-state index contributed by atoms with van der Waals surface area (Å²) >= 11 is 2.01. The van der Waals surface area contributed by atoms with Crippen molar-refractivity contribution in [1.29, 1.82) is 0 Å². The van der Waals surface area contributed by atoms with Gasteiger partial charge in [-0.25, -0.2) is 0 Å². The predicted molar refractivity (Wildman–Crippen MR) is 85.9 cm³/mol. The average Bonchev–Trinajstić information content (AvgIpc) is 3.06.